The van der Waals surface area contributed by atoms with Crippen molar-refractivity contribution in [2.45, 2.75) is 128 Å². The first-order valence-electron chi connectivity index (χ1n) is 23.9. The molecule has 1 saturated heterocycles. The average molecular weight is 1020 g/mol. The van der Waals surface area contributed by atoms with Gasteiger partial charge in [0.05, 0.1) is 25.0 Å². The molecule has 4 rings (SSSR count). The average Bonchev–Trinajstić information content (AvgIpc) is 4.05. The second-order valence-electron chi connectivity index (χ2n) is 18.6. The molecule has 1 aliphatic rings. The van der Waals surface area contributed by atoms with Gasteiger partial charge in [-0.2, -0.15) is 0 Å². The molecule has 8 atom stereocenters. The van der Waals surface area contributed by atoms with E-state index in [1.165, 1.54) is 43.7 Å². The lowest BCUT2D eigenvalue weighted by Crippen LogP contribution is -2.61. The molecule has 0 aliphatic carbocycles. The number of aliphatic carboxylic acids is 2. The number of carboxylic acids is 2. The van der Waals surface area contributed by atoms with Crippen molar-refractivity contribution in [1.29, 1.82) is 0 Å². The van der Waals surface area contributed by atoms with Crippen molar-refractivity contribution in [1.82, 2.24) is 52.1 Å². The summed E-state index contributed by atoms with van der Waals surface area (Å²) >= 11 is 0. The summed E-state index contributed by atoms with van der Waals surface area (Å²) in [5.74, 6) is -10.1. The Bertz CT molecular complexity index is 2400. The number of hydrogen-bond acceptors (Lipinski definition) is 13. The lowest BCUT2D eigenvalue weighted by atomic mass is 10.00. The Labute approximate surface area is 421 Å². The van der Waals surface area contributed by atoms with Gasteiger partial charge in [0.1, 0.15) is 54.1 Å². The van der Waals surface area contributed by atoms with Crippen LogP contribution in [0.2, 0.25) is 0 Å². The molecule has 0 radical (unpaired) electrons. The van der Waals surface area contributed by atoms with Crippen LogP contribution in [0.3, 0.4) is 0 Å². The summed E-state index contributed by atoms with van der Waals surface area (Å²) in [4.78, 5) is 142. The summed E-state index contributed by atoms with van der Waals surface area (Å²) in [5.41, 5.74) is 6.86. The van der Waals surface area contributed by atoms with Gasteiger partial charge in [0.2, 0.25) is 47.3 Å². The molecule has 2 aromatic carbocycles. The highest BCUT2D eigenvalue weighted by atomic mass is 16.4. The molecule has 1 aliphatic heterocycles. The number of phenolic OH excluding ortho intramolecular Hbond substituents is 1. The largest absolute Gasteiger partial charge is 0.508 e. The molecule has 1 aromatic heterocycles. The number of phenols is 1. The number of rotatable bonds is 27. The number of imidazole rings is 1. The maximum atomic E-state index is 14.5. The molecule has 0 saturated carbocycles. The van der Waals surface area contributed by atoms with E-state index in [-0.39, 0.29) is 56.7 Å². The van der Waals surface area contributed by atoms with Crippen LogP contribution in [-0.2, 0) is 67.2 Å². The summed E-state index contributed by atoms with van der Waals surface area (Å²) in [6.07, 6.45) is 1.86. The molecule has 0 unspecified atom stereocenters. The van der Waals surface area contributed by atoms with Crippen LogP contribution in [0, 0.1) is 11.8 Å². The number of carbonyl (C=O) groups is 10. The Hall–Kier alpha value is -7.89. The van der Waals surface area contributed by atoms with Gasteiger partial charge in [-0.25, -0.2) is 4.98 Å². The van der Waals surface area contributed by atoms with Crippen molar-refractivity contribution in [3.8, 4) is 5.75 Å². The van der Waals surface area contributed by atoms with Gasteiger partial charge in [-0.1, -0.05) is 70.2 Å². The zero-order chi connectivity index (χ0) is 53.9. The van der Waals surface area contributed by atoms with Crippen molar-refractivity contribution < 1.29 is 63.3 Å². The second-order valence-corrected chi connectivity index (χ2v) is 18.6. The van der Waals surface area contributed by atoms with Gasteiger partial charge >= 0.3 is 11.9 Å². The van der Waals surface area contributed by atoms with E-state index in [9.17, 15) is 63.3 Å². The first kappa shape index (κ1) is 57.7. The lowest BCUT2D eigenvalue weighted by Gasteiger charge is -2.31. The maximum absolute atomic E-state index is 14.5. The highest BCUT2D eigenvalue weighted by Gasteiger charge is 2.41. The number of aromatic hydroxyl groups is 1. The van der Waals surface area contributed by atoms with Crippen molar-refractivity contribution in [3.05, 3.63) is 83.9 Å². The highest BCUT2D eigenvalue weighted by Crippen LogP contribution is 2.21. The van der Waals surface area contributed by atoms with Crippen molar-refractivity contribution >= 4 is 59.2 Å². The van der Waals surface area contributed by atoms with Crippen LogP contribution in [0.15, 0.2) is 67.1 Å². The third-order valence-electron chi connectivity index (χ3n) is 11.9. The van der Waals surface area contributed by atoms with E-state index in [1.807, 2.05) is 13.8 Å². The second kappa shape index (κ2) is 27.6. The number of nitrogens with one attached hydrogen (secondary N) is 8. The van der Waals surface area contributed by atoms with Gasteiger partial charge in [0.15, 0.2) is 0 Å². The zero-order valence-corrected chi connectivity index (χ0v) is 41.4. The molecule has 3 aromatic rings. The molecular weight excluding hydrogens is 951 g/mol. The molecule has 73 heavy (non-hydrogen) atoms. The van der Waals surface area contributed by atoms with Crippen LogP contribution in [0.5, 0.6) is 5.75 Å². The first-order chi connectivity index (χ1) is 34.6. The fourth-order valence-corrected chi connectivity index (χ4v) is 8.03. The fraction of sp³-hybridized carbons (Fsp3) is 0.490. The Kier molecular flexibility index (Phi) is 21.8. The van der Waals surface area contributed by atoms with Crippen LogP contribution in [-0.4, -0.2) is 151 Å². The van der Waals surface area contributed by atoms with Crippen LogP contribution >= 0.6 is 0 Å². The monoisotopic (exact) mass is 1020 g/mol. The van der Waals surface area contributed by atoms with E-state index in [0.29, 0.717) is 16.8 Å². The molecule has 13 N–H and O–H groups in total. The third kappa shape index (κ3) is 18.0. The molecule has 2 heterocycles. The van der Waals surface area contributed by atoms with Crippen LogP contribution in [0.4, 0.5) is 0 Å². The third-order valence-corrected chi connectivity index (χ3v) is 11.9. The standard InChI is InChI=1S/C49H67N11O13/c1-26(2)18-33(54-39(62)23-50)42(65)56-36(21-31-24-51-25-52-31)44(67)55-34(20-30-13-15-32(61)16-14-30)43(66)58-37(22-40(63)64)48(71)60-17-9-12-38(60)46(69)57-35(19-29-10-7-6-8-11-29)45(68)59-41(27(3)4)47(70)53-28(5)49(72)73/h6-8,10-11,13-16,24-28,33-38,41,61H,9,12,17-23,50H2,1-5H3,(H,51,52)(H,53,70)(H,54,62)(H,55,67)(H,56,65)(H,57,69)(H,58,66)(H,59,68)(H,63,64)(H,72,73)/t28-,33-,34-,35-,36-,37-,38-,41-/m0/s1. The Morgan fingerprint density at radius 2 is 1.25 bits per heavy atom. The summed E-state index contributed by atoms with van der Waals surface area (Å²) in [5, 5.41) is 47.3. The number of nitrogens with zero attached hydrogens (tertiary/aromatic N) is 2. The summed E-state index contributed by atoms with van der Waals surface area (Å²) in [7, 11) is 0. The van der Waals surface area contributed by atoms with Crippen molar-refractivity contribution in [2.24, 2.45) is 17.6 Å². The Morgan fingerprint density at radius 1 is 0.685 bits per heavy atom. The van der Waals surface area contributed by atoms with Gasteiger partial charge in [0, 0.05) is 32.0 Å². The highest BCUT2D eigenvalue weighted by molar-refractivity contribution is 5.99. The summed E-state index contributed by atoms with van der Waals surface area (Å²) in [6, 6.07) is 3.27. The molecule has 24 nitrogen and oxygen atoms in total. The van der Waals surface area contributed by atoms with Gasteiger partial charge in [-0.15, -0.1) is 0 Å². The van der Waals surface area contributed by atoms with Gasteiger partial charge in [0.25, 0.3) is 0 Å². The summed E-state index contributed by atoms with van der Waals surface area (Å²) in [6.45, 7) is 7.72. The number of H-pyrrole nitrogens is 1. The Balaban J connectivity index is 1.61. The quantitative estimate of drug-likeness (QED) is 0.0425. The maximum Gasteiger partial charge on any atom is 0.325 e. The number of likely N-dealkylation sites (tertiary alicyclic amines) is 1. The summed E-state index contributed by atoms with van der Waals surface area (Å²) < 4.78 is 0. The minimum atomic E-state index is -1.80. The number of carboxylic acid groups (broad SMARTS) is 2. The molecule has 396 valence electrons. The minimum absolute atomic E-state index is 0.0540. The molecular formula is C49H67N11O13. The first-order valence-corrected chi connectivity index (χ1v) is 23.9. The molecule has 0 spiro atoms. The van der Waals surface area contributed by atoms with Gasteiger partial charge in [-0.3, -0.25) is 47.9 Å². The normalized spacial score (nSPS) is 16.1. The Morgan fingerprint density at radius 3 is 1.79 bits per heavy atom. The predicted molar refractivity (Wildman–Crippen MR) is 261 cm³/mol. The van der Waals surface area contributed by atoms with Crippen LogP contribution in [0.25, 0.3) is 0 Å². The van der Waals surface area contributed by atoms with Gasteiger partial charge in [-0.05, 0) is 61.3 Å². The van der Waals surface area contributed by atoms with E-state index in [1.54, 1.807) is 44.2 Å². The lowest BCUT2D eigenvalue weighted by molar-refractivity contribution is -0.146. The molecule has 1 fully saturated rings. The van der Waals surface area contributed by atoms with E-state index >= 15 is 0 Å². The SMILES string of the molecule is CC(C)C[C@H](NC(=O)CN)C(=O)N[C@@H](Cc1c[nH]cn1)C(=O)N[C@@H](Cc1ccc(O)cc1)C(=O)N[C@@H](CC(=O)O)C(=O)N1CCC[C@H]1C(=O)N[C@@H](Cc1ccccc1)C(=O)N[C@H](C(=O)N[C@@H](C)C(=O)O)C(C)C. The topological polar surface area (TPSA) is 374 Å². The number of nitrogens with two attached hydrogens (primary N) is 1. The molecule has 24 heteroatoms. The number of hydrogen-bond donors (Lipinski definition) is 12. The van der Waals surface area contributed by atoms with Gasteiger partial charge < -0.3 is 68.2 Å². The smallest absolute Gasteiger partial charge is 0.325 e. The molecule has 8 amide bonds. The fourth-order valence-electron chi connectivity index (χ4n) is 8.03. The van der Waals surface area contributed by atoms with E-state index < -0.39 is 126 Å². The predicted octanol–water partition coefficient (Wildman–Crippen LogP) is -1.23. The number of benzene rings is 2. The van der Waals surface area contributed by atoms with E-state index in [2.05, 4.69) is 47.2 Å². The number of amides is 8. The van der Waals surface area contributed by atoms with E-state index in [4.69, 9.17) is 5.73 Å². The van der Waals surface area contributed by atoms with Crippen LogP contribution < -0.4 is 43.0 Å². The van der Waals surface area contributed by atoms with Crippen molar-refractivity contribution in [2.75, 3.05) is 13.1 Å². The van der Waals surface area contributed by atoms with Crippen LogP contribution in [0.1, 0.15) is 77.1 Å². The number of aromatic nitrogens is 2. The molecule has 0 bridgehead atoms. The van der Waals surface area contributed by atoms with Crippen molar-refractivity contribution in [3.63, 3.8) is 0 Å². The minimum Gasteiger partial charge on any atom is -0.508 e. The number of aromatic amines is 1. The number of carbonyl (C=O) groups excluding carboxylic acids is 8. The van der Waals surface area contributed by atoms with E-state index in [0.717, 1.165) is 4.90 Å². The zero-order valence-electron chi connectivity index (χ0n) is 41.4.